The molecule has 29 heavy (non-hydrogen) atoms. The van der Waals surface area contributed by atoms with E-state index >= 15 is 0 Å². The summed E-state index contributed by atoms with van der Waals surface area (Å²) in [6, 6.07) is 7.07. The van der Waals surface area contributed by atoms with Crippen molar-refractivity contribution in [1.29, 1.82) is 0 Å². The first kappa shape index (κ1) is 20.8. The fraction of sp³-hybridized carbons (Fsp3) is 0.708. The van der Waals surface area contributed by atoms with Crippen molar-refractivity contribution in [3.05, 3.63) is 35.6 Å². The third-order valence-electron chi connectivity index (χ3n) is 7.00. The van der Waals surface area contributed by atoms with E-state index in [1.54, 1.807) is 12.1 Å². The van der Waals surface area contributed by atoms with Crippen LogP contribution in [0.5, 0.6) is 0 Å². The Labute approximate surface area is 174 Å². The minimum Gasteiger partial charge on any atom is -0.376 e. The average Bonchev–Trinajstić information content (AvgIpc) is 3.44. The highest BCUT2D eigenvalue weighted by Gasteiger charge is 2.32. The third kappa shape index (κ3) is 5.58. The van der Waals surface area contributed by atoms with Crippen molar-refractivity contribution in [1.82, 2.24) is 9.80 Å². The maximum atomic E-state index is 13.9. The Morgan fingerprint density at radius 2 is 1.79 bits per heavy atom. The second-order valence-electron chi connectivity index (χ2n) is 9.17. The summed E-state index contributed by atoms with van der Waals surface area (Å²) in [5, 5.41) is 0. The van der Waals surface area contributed by atoms with Crippen molar-refractivity contribution in [2.45, 2.75) is 64.0 Å². The molecule has 0 unspecified atom stereocenters. The van der Waals surface area contributed by atoms with Gasteiger partial charge in [0.15, 0.2) is 0 Å². The van der Waals surface area contributed by atoms with Gasteiger partial charge in [-0.3, -0.25) is 9.69 Å². The van der Waals surface area contributed by atoms with Crippen molar-refractivity contribution in [2.24, 2.45) is 11.8 Å². The molecule has 4 rings (SSSR count). The van der Waals surface area contributed by atoms with E-state index in [4.69, 9.17) is 4.74 Å². The van der Waals surface area contributed by atoms with Crippen LogP contribution < -0.4 is 0 Å². The molecule has 160 valence electrons. The molecule has 0 aromatic heterocycles. The van der Waals surface area contributed by atoms with Crippen LogP contribution in [0.3, 0.4) is 0 Å². The lowest BCUT2D eigenvalue weighted by Crippen LogP contribution is -2.45. The number of rotatable bonds is 7. The number of nitrogens with zero attached hydrogens (tertiary/aromatic N) is 2. The normalized spacial score (nSPS) is 24.2. The Kier molecular flexibility index (Phi) is 7.20. The van der Waals surface area contributed by atoms with Crippen molar-refractivity contribution >= 4 is 5.91 Å². The van der Waals surface area contributed by atoms with Crippen molar-refractivity contribution < 1.29 is 13.9 Å². The maximum absolute atomic E-state index is 13.9. The molecule has 3 fully saturated rings. The van der Waals surface area contributed by atoms with Crippen LogP contribution in [0.1, 0.15) is 56.9 Å². The summed E-state index contributed by atoms with van der Waals surface area (Å²) in [5.41, 5.74) is 0.780. The number of amides is 1. The molecule has 4 nitrogen and oxygen atoms in total. The lowest BCUT2D eigenvalue weighted by molar-refractivity contribution is -0.138. The summed E-state index contributed by atoms with van der Waals surface area (Å²) < 4.78 is 19.8. The van der Waals surface area contributed by atoms with Crippen LogP contribution in [-0.2, 0) is 16.1 Å². The molecule has 0 spiro atoms. The van der Waals surface area contributed by atoms with Gasteiger partial charge in [0.2, 0.25) is 5.91 Å². The van der Waals surface area contributed by atoms with E-state index in [0.29, 0.717) is 18.4 Å². The van der Waals surface area contributed by atoms with E-state index in [1.165, 1.54) is 12.8 Å². The molecule has 3 aliphatic rings. The second kappa shape index (κ2) is 10.0. The summed E-state index contributed by atoms with van der Waals surface area (Å²) in [7, 11) is 0. The van der Waals surface area contributed by atoms with E-state index < -0.39 is 0 Å². The molecule has 1 aliphatic carbocycles. The molecule has 2 saturated heterocycles. The lowest BCUT2D eigenvalue weighted by atomic mass is 9.94. The van der Waals surface area contributed by atoms with Crippen molar-refractivity contribution in [2.75, 3.05) is 32.8 Å². The number of ether oxygens (including phenoxy) is 1. The Bertz CT molecular complexity index is 663. The average molecular weight is 403 g/mol. The van der Waals surface area contributed by atoms with Crippen LogP contribution >= 0.6 is 0 Å². The second-order valence-corrected chi connectivity index (χ2v) is 9.17. The van der Waals surface area contributed by atoms with Crippen LogP contribution in [0.15, 0.2) is 24.3 Å². The largest absolute Gasteiger partial charge is 0.376 e. The zero-order valence-corrected chi connectivity index (χ0v) is 17.5. The summed E-state index contributed by atoms with van der Waals surface area (Å²) in [5.74, 6) is 1.03. The van der Waals surface area contributed by atoms with Gasteiger partial charge in [0.05, 0.1) is 6.10 Å². The van der Waals surface area contributed by atoms with Crippen LogP contribution in [0.4, 0.5) is 4.39 Å². The smallest absolute Gasteiger partial charge is 0.225 e. The highest BCUT2D eigenvalue weighted by molar-refractivity contribution is 5.79. The molecule has 2 heterocycles. The number of carbonyl (C=O) groups is 1. The van der Waals surface area contributed by atoms with Gasteiger partial charge in [-0.25, -0.2) is 4.39 Å². The third-order valence-corrected chi connectivity index (χ3v) is 7.00. The predicted octanol–water partition coefficient (Wildman–Crippen LogP) is 4.24. The monoisotopic (exact) mass is 402 g/mol. The number of piperidine rings is 1. The molecule has 1 aromatic carbocycles. The fourth-order valence-electron chi connectivity index (χ4n) is 5.23. The SMILES string of the molecule is O=C(C1CCCC1)N(CC1CCN(Cc2ccccc2F)CC1)C[C@@H]1CCCO1. The molecule has 0 bridgehead atoms. The van der Waals surface area contributed by atoms with Gasteiger partial charge in [-0.1, -0.05) is 31.0 Å². The minimum atomic E-state index is -0.112. The quantitative estimate of drug-likeness (QED) is 0.684. The van der Waals surface area contributed by atoms with E-state index in [9.17, 15) is 9.18 Å². The van der Waals surface area contributed by atoms with Crippen LogP contribution in [0.2, 0.25) is 0 Å². The Balaban J connectivity index is 1.30. The summed E-state index contributed by atoms with van der Waals surface area (Å²) >= 11 is 0. The number of hydrogen-bond donors (Lipinski definition) is 0. The first-order valence-electron chi connectivity index (χ1n) is 11.5. The van der Waals surface area contributed by atoms with Gasteiger partial charge in [0.1, 0.15) is 5.82 Å². The molecule has 1 saturated carbocycles. The van der Waals surface area contributed by atoms with Crippen LogP contribution in [0, 0.1) is 17.7 Å². The highest BCUT2D eigenvalue weighted by atomic mass is 19.1. The molecule has 2 aliphatic heterocycles. The molecule has 1 aromatic rings. The fourth-order valence-corrected chi connectivity index (χ4v) is 5.23. The van der Waals surface area contributed by atoms with Gasteiger partial charge < -0.3 is 9.64 Å². The zero-order chi connectivity index (χ0) is 20.1. The molecular formula is C24H35FN2O2. The van der Waals surface area contributed by atoms with Crippen LogP contribution in [0.25, 0.3) is 0 Å². The number of carbonyl (C=O) groups excluding carboxylic acids is 1. The summed E-state index contributed by atoms with van der Waals surface area (Å²) in [6.07, 6.45) is 9.07. The molecule has 5 heteroatoms. The number of benzene rings is 1. The van der Waals surface area contributed by atoms with E-state index in [-0.39, 0.29) is 17.8 Å². The molecule has 1 amide bonds. The topological polar surface area (TPSA) is 32.8 Å². The van der Waals surface area contributed by atoms with Gasteiger partial charge >= 0.3 is 0 Å². The number of likely N-dealkylation sites (tertiary alicyclic amines) is 1. The number of hydrogen-bond acceptors (Lipinski definition) is 3. The van der Waals surface area contributed by atoms with Gasteiger partial charge in [-0.15, -0.1) is 0 Å². The van der Waals surface area contributed by atoms with Gasteiger partial charge in [-0.05, 0) is 63.6 Å². The van der Waals surface area contributed by atoms with Crippen LogP contribution in [-0.4, -0.2) is 54.6 Å². The van der Waals surface area contributed by atoms with E-state index in [2.05, 4.69) is 9.80 Å². The summed E-state index contributed by atoms with van der Waals surface area (Å²) in [4.78, 5) is 17.7. The van der Waals surface area contributed by atoms with Crippen molar-refractivity contribution in [3.8, 4) is 0 Å². The van der Waals surface area contributed by atoms with E-state index in [0.717, 1.165) is 76.9 Å². The predicted molar refractivity (Wildman–Crippen MR) is 112 cm³/mol. The summed E-state index contributed by atoms with van der Waals surface area (Å²) in [6.45, 7) is 5.10. The Morgan fingerprint density at radius 3 is 2.48 bits per heavy atom. The zero-order valence-electron chi connectivity index (χ0n) is 17.5. The molecule has 0 N–H and O–H groups in total. The first-order chi connectivity index (χ1) is 14.2. The van der Waals surface area contributed by atoms with Crippen molar-refractivity contribution in [3.63, 3.8) is 0 Å². The van der Waals surface area contributed by atoms with Gasteiger partial charge in [0, 0.05) is 37.7 Å². The van der Waals surface area contributed by atoms with E-state index in [1.807, 2.05) is 12.1 Å². The minimum absolute atomic E-state index is 0.112. The molecule has 0 radical (unpaired) electrons. The highest BCUT2D eigenvalue weighted by Crippen LogP contribution is 2.29. The maximum Gasteiger partial charge on any atom is 0.225 e. The molecule has 1 atom stereocenters. The Hall–Kier alpha value is -1.46. The standard InChI is InChI=1S/C24H35FN2O2/c25-23-10-4-3-8-21(23)17-26-13-11-19(12-14-26)16-27(18-22-9-5-15-29-22)24(28)20-6-1-2-7-20/h3-4,8,10,19-20,22H,1-2,5-7,9,11-18H2/t22-/m0/s1. The Morgan fingerprint density at radius 1 is 1.03 bits per heavy atom. The molecular weight excluding hydrogens is 367 g/mol. The number of halogens is 1. The van der Waals surface area contributed by atoms with Gasteiger partial charge in [-0.2, -0.15) is 0 Å². The van der Waals surface area contributed by atoms with Gasteiger partial charge in [0.25, 0.3) is 0 Å². The first-order valence-corrected chi connectivity index (χ1v) is 11.5. The lowest BCUT2D eigenvalue weighted by Gasteiger charge is -2.36.